The van der Waals surface area contributed by atoms with Crippen LogP contribution in [0, 0.1) is 5.41 Å². The van der Waals surface area contributed by atoms with Crippen LogP contribution in [0.5, 0.6) is 11.5 Å². The second-order valence-corrected chi connectivity index (χ2v) is 11.2. The third-order valence-corrected chi connectivity index (χ3v) is 6.91. The van der Waals surface area contributed by atoms with E-state index in [9.17, 15) is 4.79 Å². The number of hydrogen-bond donors (Lipinski definition) is 1. The van der Waals surface area contributed by atoms with Crippen LogP contribution in [0.4, 0.5) is 5.69 Å². The van der Waals surface area contributed by atoms with Crippen molar-refractivity contribution in [3.63, 3.8) is 0 Å². The molecule has 2 aromatic rings. The van der Waals surface area contributed by atoms with Crippen molar-refractivity contribution >= 4 is 28.9 Å². The molecule has 2 heterocycles. The highest BCUT2D eigenvalue weighted by molar-refractivity contribution is 6.20. The van der Waals surface area contributed by atoms with Crippen LogP contribution in [0.1, 0.15) is 63.8 Å². The van der Waals surface area contributed by atoms with Crippen molar-refractivity contribution < 1.29 is 14.3 Å². The number of halogens is 1. The number of carbonyl (C=O) groups is 1. The zero-order valence-electron chi connectivity index (χ0n) is 20.6. The molecule has 2 aliphatic rings. The fraction of sp³-hybridized carbons (Fsp3) is 0.481. The van der Waals surface area contributed by atoms with Crippen LogP contribution >= 0.6 is 11.6 Å². The topological polar surface area (TPSA) is 59.9 Å². The maximum atomic E-state index is 12.7. The van der Waals surface area contributed by atoms with Gasteiger partial charge < -0.3 is 14.8 Å². The standard InChI is InChI=1S/C27H33ClN2O3/c1-25(2,15-28)24(31)29-18-10-8-9-16(11-18)22-21-17(13-26(3,4)30-22)12-20(32-7)23-19(21)14-27(5,6)33-23/h8-12H,13-15H2,1-7H3,(H,29,31). The van der Waals surface area contributed by atoms with Crippen molar-refractivity contribution in [1.29, 1.82) is 0 Å². The Labute approximate surface area is 201 Å². The van der Waals surface area contributed by atoms with Gasteiger partial charge in [0.15, 0.2) is 11.5 Å². The molecule has 0 atom stereocenters. The molecule has 2 aromatic carbocycles. The third kappa shape index (κ3) is 4.48. The molecule has 0 spiro atoms. The average Bonchev–Trinajstić information content (AvgIpc) is 3.06. The number of anilines is 1. The number of nitrogens with one attached hydrogen (secondary N) is 1. The predicted molar refractivity (Wildman–Crippen MR) is 134 cm³/mol. The molecule has 0 fully saturated rings. The lowest BCUT2D eigenvalue weighted by atomic mass is 9.81. The molecule has 0 aliphatic carbocycles. The quantitative estimate of drug-likeness (QED) is 0.565. The van der Waals surface area contributed by atoms with E-state index in [1.807, 2.05) is 38.1 Å². The van der Waals surface area contributed by atoms with Crippen molar-refractivity contribution in [2.45, 2.75) is 65.5 Å². The highest BCUT2D eigenvalue weighted by Gasteiger charge is 2.39. The second-order valence-electron chi connectivity index (χ2n) is 11.0. The first-order valence-corrected chi connectivity index (χ1v) is 11.9. The van der Waals surface area contributed by atoms with Gasteiger partial charge in [0.25, 0.3) is 0 Å². The van der Waals surface area contributed by atoms with E-state index in [0.717, 1.165) is 52.4 Å². The van der Waals surface area contributed by atoms with Gasteiger partial charge in [0.1, 0.15) is 5.60 Å². The minimum atomic E-state index is -0.658. The number of benzene rings is 2. The summed E-state index contributed by atoms with van der Waals surface area (Å²) in [4.78, 5) is 17.9. The largest absolute Gasteiger partial charge is 0.493 e. The Morgan fingerprint density at radius 2 is 1.94 bits per heavy atom. The minimum absolute atomic E-state index is 0.109. The summed E-state index contributed by atoms with van der Waals surface area (Å²) in [5, 5.41) is 3.02. The van der Waals surface area contributed by atoms with Gasteiger partial charge in [0, 0.05) is 34.7 Å². The summed E-state index contributed by atoms with van der Waals surface area (Å²) >= 11 is 5.99. The average molecular weight is 469 g/mol. The number of nitrogens with zero attached hydrogens (tertiary/aromatic N) is 1. The molecular weight excluding hydrogens is 436 g/mol. The van der Waals surface area contributed by atoms with Gasteiger partial charge >= 0.3 is 0 Å². The molecule has 6 heteroatoms. The van der Waals surface area contributed by atoms with E-state index in [0.29, 0.717) is 0 Å². The summed E-state index contributed by atoms with van der Waals surface area (Å²) in [6.07, 6.45) is 1.60. The molecule has 2 aliphatic heterocycles. The number of amides is 1. The third-order valence-electron chi connectivity index (χ3n) is 6.24. The van der Waals surface area contributed by atoms with Crippen molar-refractivity contribution in [2.24, 2.45) is 10.4 Å². The normalized spacial score (nSPS) is 18.0. The molecule has 33 heavy (non-hydrogen) atoms. The lowest BCUT2D eigenvalue weighted by molar-refractivity contribution is -0.122. The van der Waals surface area contributed by atoms with Crippen LogP contribution in [0.15, 0.2) is 35.3 Å². The van der Waals surface area contributed by atoms with Gasteiger partial charge in [-0.15, -0.1) is 11.6 Å². The van der Waals surface area contributed by atoms with Crippen molar-refractivity contribution in [3.05, 3.63) is 52.6 Å². The van der Waals surface area contributed by atoms with Crippen LogP contribution in [0.25, 0.3) is 0 Å². The van der Waals surface area contributed by atoms with Gasteiger partial charge in [0.2, 0.25) is 5.91 Å². The first-order chi connectivity index (χ1) is 15.4. The highest BCUT2D eigenvalue weighted by Crippen LogP contribution is 2.47. The van der Waals surface area contributed by atoms with Gasteiger partial charge in [-0.3, -0.25) is 9.79 Å². The molecule has 0 aromatic heterocycles. The summed E-state index contributed by atoms with van der Waals surface area (Å²) < 4.78 is 12.0. The number of ether oxygens (including phenoxy) is 2. The van der Waals surface area contributed by atoms with Gasteiger partial charge in [-0.1, -0.05) is 12.1 Å². The van der Waals surface area contributed by atoms with E-state index < -0.39 is 5.41 Å². The van der Waals surface area contributed by atoms with E-state index in [2.05, 4.69) is 39.1 Å². The number of rotatable bonds is 5. The summed E-state index contributed by atoms with van der Waals surface area (Å²) in [5.74, 6) is 1.72. The Kier molecular flexibility index (Phi) is 5.76. The minimum Gasteiger partial charge on any atom is -0.493 e. The van der Waals surface area contributed by atoms with Gasteiger partial charge in [0.05, 0.1) is 23.8 Å². The Balaban J connectivity index is 1.83. The number of hydrogen-bond acceptors (Lipinski definition) is 4. The first-order valence-electron chi connectivity index (χ1n) is 11.4. The van der Waals surface area contributed by atoms with Crippen molar-refractivity contribution in [2.75, 3.05) is 18.3 Å². The number of methoxy groups -OCH3 is 1. The lowest BCUT2D eigenvalue weighted by Gasteiger charge is -2.31. The maximum Gasteiger partial charge on any atom is 0.231 e. The highest BCUT2D eigenvalue weighted by atomic mass is 35.5. The number of fused-ring (bicyclic) bond motifs is 3. The van der Waals surface area contributed by atoms with Crippen LogP contribution < -0.4 is 14.8 Å². The molecule has 0 radical (unpaired) electrons. The van der Waals surface area contributed by atoms with E-state index in [4.69, 9.17) is 26.1 Å². The van der Waals surface area contributed by atoms with Gasteiger partial charge in [-0.2, -0.15) is 0 Å². The van der Waals surface area contributed by atoms with E-state index in [1.165, 1.54) is 5.56 Å². The SMILES string of the molecule is COc1cc2c(c3c1OC(C)(C)C3)C(c1cccc(NC(=O)C(C)(C)CCl)c1)=NC(C)(C)C2. The molecule has 4 rings (SSSR count). The fourth-order valence-electron chi connectivity index (χ4n) is 4.54. The molecule has 0 saturated heterocycles. The lowest BCUT2D eigenvalue weighted by Crippen LogP contribution is -2.32. The van der Waals surface area contributed by atoms with Gasteiger partial charge in [-0.25, -0.2) is 0 Å². The number of alkyl halides is 1. The van der Waals surface area contributed by atoms with Gasteiger partial charge in [-0.05, 0) is 71.7 Å². The summed E-state index contributed by atoms with van der Waals surface area (Å²) in [6.45, 7) is 12.1. The molecular formula is C27H33ClN2O3. The zero-order valence-corrected chi connectivity index (χ0v) is 21.3. The Morgan fingerprint density at radius 1 is 1.21 bits per heavy atom. The monoisotopic (exact) mass is 468 g/mol. The predicted octanol–water partition coefficient (Wildman–Crippen LogP) is 5.78. The molecule has 176 valence electrons. The van der Waals surface area contributed by atoms with Crippen molar-refractivity contribution in [3.8, 4) is 11.5 Å². The number of aliphatic imine (C=N–C) groups is 1. The van der Waals surface area contributed by atoms with Crippen LogP contribution in [0.2, 0.25) is 0 Å². The summed E-state index contributed by atoms with van der Waals surface area (Å²) in [7, 11) is 1.69. The summed E-state index contributed by atoms with van der Waals surface area (Å²) in [6, 6.07) is 9.98. The van der Waals surface area contributed by atoms with Crippen molar-refractivity contribution in [1.82, 2.24) is 0 Å². The Bertz CT molecular complexity index is 1150. The Hall–Kier alpha value is -2.53. The van der Waals surface area contributed by atoms with E-state index in [1.54, 1.807) is 7.11 Å². The molecule has 1 N–H and O–H groups in total. The van der Waals surface area contributed by atoms with Crippen LogP contribution in [-0.2, 0) is 17.6 Å². The molecule has 0 unspecified atom stereocenters. The first kappa shape index (κ1) is 23.6. The van der Waals surface area contributed by atoms with E-state index in [-0.39, 0.29) is 22.9 Å². The fourth-order valence-corrected chi connectivity index (χ4v) is 4.66. The zero-order chi connectivity index (χ0) is 24.2. The summed E-state index contributed by atoms with van der Waals surface area (Å²) in [5.41, 5.74) is 4.85. The molecule has 0 bridgehead atoms. The molecule has 5 nitrogen and oxygen atoms in total. The van der Waals surface area contributed by atoms with Crippen LogP contribution in [-0.4, -0.2) is 35.7 Å². The van der Waals surface area contributed by atoms with E-state index >= 15 is 0 Å². The maximum absolute atomic E-state index is 12.7. The molecule has 0 saturated carbocycles. The molecule has 1 amide bonds. The number of carbonyl (C=O) groups excluding carboxylic acids is 1. The smallest absolute Gasteiger partial charge is 0.231 e. The second kappa shape index (κ2) is 8.05. The Morgan fingerprint density at radius 3 is 2.61 bits per heavy atom. The van der Waals surface area contributed by atoms with Crippen LogP contribution in [0.3, 0.4) is 0 Å².